The molecule has 0 aromatic carbocycles. The van der Waals surface area contributed by atoms with Gasteiger partial charge in [-0.15, -0.1) is 22.7 Å². The van der Waals surface area contributed by atoms with Crippen molar-refractivity contribution in [2.24, 2.45) is 0 Å². The summed E-state index contributed by atoms with van der Waals surface area (Å²) in [6, 6.07) is -0.293. The first-order valence-corrected chi connectivity index (χ1v) is 9.53. The molecule has 0 fully saturated rings. The Kier molecular flexibility index (Phi) is 6.12. The number of hydrogen-bond donors (Lipinski definition) is 1. The minimum Gasteiger partial charge on any atom is -0.461 e. The summed E-state index contributed by atoms with van der Waals surface area (Å²) in [5.74, 6) is -0.444. The quantitative estimate of drug-likeness (QED) is 0.784. The van der Waals surface area contributed by atoms with Gasteiger partial charge in [0.15, 0.2) is 5.69 Å². The highest BCUT2D eigenvalue weighted by atomic mass is 32.1. The number of rotatable bonds is 5. The minimum absolute atomic E-state index is 0.274. The van der Waals surface area contributed by atoms with Crippen molar-refractivity contribution in [1.82, 2.24) is 15.3 Å². The monoisotopic (exact) mass is 383 g/mol. The smallest absolute Gasteiger partial charge is 0.408 e. The van der Waals surface area contributed by atoms with Gasteiger partial charge < -0.3 is 14.8 Å². The van der Waals surface area contributed by atoms with Crippen LogP contribution in [0.4, 0.5) is 4.79 Å². The number of aromatic nitrogens is 2. The number of nitrogens with zero attached hydrogens (tertiary/aromatic N) is 2. The zero-order valence-corrected chi connectivity index (χ0v) is 16.4. The lowest BCUT2D eigenvalue weighted by molar-refractivity contribution is 0.0501. The first-order chi connectivity index (χ1) is 11.7. The molecule has 136 valence electrons. The van der Waals surface area contributed by atoms with E-state index in [1.54, 1.807) is 12.3 Å². The van der Waals surface area contributed by atoms with Crippen LogP contribution in [0.2, 0.25) is 0 Å². The second-order valence-electron chi connectivity index (χ2n) is 6.20. The van der Waals surface area contributed by atoms with Crippen molar-refractivity contribution >= 4 is 34.7 Å². The molecule has 2 aromatic heterocycles. The summed E-state index contributed by atoms with van der Waals surface area (Å²) < 4.78 is 10.2. The molecule has 25 heavy (non-hydrogen) atoms. The van der Waals surface area contributed by atoms with E-state index in [0.717, 1.165) is 5.01 Å². The predicted octanol–water partition coefficient (Wildman–Crippen LogP) is 4.03. The van der Waals surface area contributed by atoms with Gasteiger partial charge in [-0.2, -0.15) is 0 Å². The maximum atomic E-state index is 11.8. The Hall–Kier alpha value is -2.00. The first-order valence-electron chi connectivity index (χ1n) is 7.77. The van der Waals surface area contributed by atoms with Crippen molar-refractivity contribution in [2.75, 3.05) is 6.61 Å². The molecule has 2 aromatic rings. The first kappa shape index (κ1) is 19.3. The lowest BCUT2D eigenvalue weighted by Crippen LogP contribution is -2.34. The standard InChI is InChI=1S/C16H21N3O4S2/c1-6-22-14(20)11-8-25-13(19-11)10-7-24-12(18-10)9(2)17-15(21)23-16(3,4)5/h7-9H,6H2,1-5H3,(H,17,21). The lowest BCUT2D eigenvalue weighted by atomic mass is 10.2. The van der Waals surface area contributed by atoms with Gasteiger partial charge in [0.25, 0.3) is 0 Å². The summed E-state index contributed by atoms with van der Waals surface area (Å²) in [6.45, 7) is 9.31. The van der Waals surface area contributed by atoms with Gasteiger partial charge in [-0.3, -0.25) is 0 Å². The Bertz CT molecular complexity index is 749. The van der Waals surface area contributed by atoms with Gasteiger partial charge in [0, 0.05) is 10.8 Å². The molecule has 1 atom stereocenters. The highest BCUT2D eigenvalue weighted by molar-refractivity contribution is 7.14. The molecular weight excluding hydrogens is 362 g/mol. The van der Waals surface area contributed by atoms with Gasteiger partial charge >= 0.3 is 12.1 Å². The molecule has 0 saturated carbocycles. The minimum atomic E-state index is -0.553. The van der Waals surface area contributed by atoms with Crippen LogP contribution >= 0.6 is 22.7 Å². The van der Waals surface area contributed by atoms with E-state index in [1.165, 1.54) is 22.7 Å². The Morgan fingerprint density at radius 1 is 1.24 bits per heavy atom. The van der Waals surface area contributed by atoms with Gasteiger partial charge in [-0.05, 0) is 34.6 Å². The predicted molar refractivity (Wildman–Crippen MR) is 97.0 cm³/mol. The summed E-state index contributed by atoms with van der Waals surface area (Å²) in [4.78, 5) is 32.3. The molecule has 1 amide bonds. The number of nitrogens with one attached hydrogen (secondary N) is 1. The third-order valence-electron chi connectivity index (χ3n) is 2.83. The molecule has 0 aliphatic heterocycles. The van der Waals surface area contributed by atoms with Gasteiger partial charge in [0.1, 0.15) is 21.3 Å². The summed E-state index contributed by atoms with van der Waals surface area (Å²) >= 11 is 2.73. The fourth-order valence-electron chi connectivity index (χ4n) is 1.82. The third-order valence-corrected chi connectivity index (χ3v) is 4.73. The molecule has 1 N–H and O–H groups in total. The van der Waals surface area contributed by atoms with E-state index in [1.807, 2.05) is 33.1 Å². The zero-order valence-electron chi connectivity index (χ0n) is 14.8. The number of esters is 1. The second-order valence-corrected chi connectivity index (χ2v) is 7.95. The molecule has 0 aliphatic rings. The summed E-state index contributed by atoms with van der Waals surface area (Å²) in [5, 5.41) is 7.61. The number of carbonyl (C=O) groups is 2. The normalized spacial score (nSPS) is 12.5. The van der Waals surface area contributed by atoms with E-state index in [4.69, 9.17) is 9.47 Å². The van der Waals surface area contributed by atoms with Crippen molar-refractivity contribution in [2.45, 2.75) is 46.3 Å². The summed E-state index contributed by atoms with van der Waals surface area (Å²) in [7, 11) is 0. The number of ether oxygens (including phenoxy) is 2. The summed E-state index contributed by atoms with van der Waals surface area (Å²) in [5.41, 5.74) is 0.386. The van der Waals surface area contributed by atoms with Crippen LogP contribution in [-0.2, 0) is 9.47 Å². The van der Waals surface area contributed by atoms with Gasteiger partial charge in [0.2, 0.25) is 0 Å². The summed E-state index contributed by atoms with van der Waals surface area (Å²) in [6.07, 6.45) is -0.490. The lowest BCUT2D eigenvalue weighted by Gasteiger charge is -2.21. The molecule has 0 radical (unpaired) electrons. The fourth-order valence-corrected chi connectivity index (χ4v) is 3.45. The average molecular weight is 383 g/mol. The Labute approximate surface area is 154 Å². The van der Waals surface area contributed by atoms with Gasteiger partial charge in [0.05, 0.1) is 12.6 Å². The number of alkyl carbamates (subject to hydrolysis) is 1. The van der Waals surface area contributed by atoms with Crippen molar-refractivity contribution in [3.05, 3.63) is 21.5 Å². The zero-order chi connectivity index (χ0) is 18.6. The van der Waals surface area contributed by atoms with E-state index in [9.17, 15) is 9.59 Å². The number of carbonyl (C=O) groups excluding carboxylic acids is 2. The maximum absolute atomic E-state index is 11.8. The topological polar surface area (TPSA) is 90.4 Å². The van der Waals surface area contributed by atoms with Crippen LogP contribution in [0.5, 0.6) is 0 Å². The largest absolute Gasteiger partial charge is 0.461 e. The van der Waals surface area contributed by atoms with Gasteiger partial charge in [-0.25, -0.2) is 19.6 Å². The van der Waals surface area contributed by atoms with E-state index in [0.29, 0.717) is 17.3 Å². The fraction of sp³-hybridized carbons (Fsp3) is 0.500. The van der Waals surface area contributed by atoms with E-state index in [2.05, 4.69) is 15.3 Å². The van der Waals surface area contributed by atoms with Gasteiger partial charge in [-0.1, -0.05) is 0 Å². The molecule has 0 bridgehead atoms. The highest BCUT2D eigenvalue weighted by Crippen LogP contribution is 2.28. The molecule has 2 heterocycles. The van der Waals surface area contributed by atoms with Crippen molar-refractivity contribution < 1.29 is 19.1 Å². The Balaban J connectivity index is 2.04. The maximum Gasteiger partial charge on any atom is 0.408 e. The van der Waals surface area contributed by atoms with E-state index in [-0.39, 0.29) is 11.7 Å². The number of amides is 1. The SMILES string of the molecule is CCOC(=O)c1csc(-c2csc(C(C)NC(=O)OC(C)(C)C)n2)n1. The van der Waals surface area contributed by atoms with Crippen LogP contribution in [0.1, 0.15) is 56.2 Å². The van der Waals surface area contributed by atoms with Crippen molar-refractivity contribution in [3.8, 4) is 10.7 Å². The van der Waals surface area contributed by atoms with Crippen molar-refractivity contribution in [3.63, 3.8) is 0 Å². The van der Waals surface area contributed by atoms with Crippen LogP contribution in [0.25, 0.3) is 10.7 Å². The van der Waals surface area contributed by atoms with Crippen molar-refractivity contribution in [1.29, 1.82) is 0 Å². The Morgan fingerprint density at radius 3 is 2.60 bits per heavy atom. The molecule has 7 nitrogen and oxygen atoms in total. The molecule has 1 unspecified atom stereocenters. The highest BCUT2D eigenvalue weighted by Gasteiger charge is 2.21. The van der Waals surface area contributed by atoms with Crippen LogP contribution in [0.3, 0.4) is 0 Å². The second kappa shape index (κ2) is 7.92. The van der Waals surface area contributed by atoms with Crippen LogP contribution in [0.15, 0.2) is 10.8 Å². The van der Waals surface area contributed by atoms with Crippen LogP contribution in [-0.4, -0.2) is 34.2 Å². The Morgan fingerprint density at radius 2 is 1.96 bits per heavy atom. The molecule has 0 spiro atoms. The van der Waals surface area contributed by atoms with Crippen LogP contribution < -0.4 is 5.32 Å². The molecule has 9 heteroatoms. The van der Waals surface area contributed by atoms with E-state index < -0.39 is 17.7 Å². The number of thiazole rings is 2. The molecule has 0 aliphatic carbocycles. The molecule has 0 saturated heterocycles. The molecular formula is C16H21N3O4S2. The van der Waals surface area contributed by atoms with Crippen LogP contribution in [0, 0.1) is 0 Å². The molecule has 2 rings (SSSR count). The number of hydrogen-bond acceptors (Lipinski definition) is 8. The average Bonchev–Trinajstić information content (AvgIpc) is 3.14. The van der Waals surface area contributed by atoms with E-state index >= 15 is 0 Å². The third kappa shape index (κ3) is 5.50.